The summed E-state index contributed by atoms with van der Waals surface area (Å²) in [5, 5.41) is 10.8. The molecule has 1 N–H and O–H groups in total. The van der Waals surface area contributed by atoms with E-state index < -0.39 is 5.60 Å². The number of benzene rings is 1. The van der Waals surface area contributed by atoms with Crippen LogP contribution in [0.3, 0.4) is 0 Å². The lowest BCUT2D eigenvalue weighted by atomic mass is 9.87. The molecule has 1 saturated carbocycles. The molecule has 0 bridgehead atoms. The summed E-state index contributed by atoms with van der Waals surface area (Å²) >= 11 is 0. The normalized spacial score (nSPS) is 28.7. The van der Waals surface area contributed by atoms with Gasteiger partial charge in [0.1, 0.15) is 5.75 Å². The highest BCUT2D eigenvalue weighted by Crippen LogP contribution is 2.35. The standard InChI is InChI=1S/C15H20O3/c16-15(7-2-9-17-10-8-15)12-3-1-4-14(11-12)18-13-5-6-13/h1,3-4,11,13,16H,2,5-10H2. The van der Waals surface area contributed by atoms with Crippen LogP contribution < -0.4 is 4.74 Å². The largest absolute Gasteiger partial charge is 0.490 e. The number of aliphatic hydroxyl groups is 1. The molecule has 1 unspecified atom stereocenters. The molecule has 0 radical (unpaired) electrons. The Labute approximate surface area is 108 Å². The van der Waals surface area contributed by atoms with E-state index in [2.05, 4.69) is 0 Å². The van der Waals surface area contributed by atoms with Gasteiger partial charge >= 0.3 is 0 Å². The molecular formula is C15H20O3. The van der Waals surface area contributed by atoms with E-state index in [1.165, 1.54) is 0 Å². The van der Waals surface area contributed by atoms with Gasteiger partial charge in [-0.1, -0.05) is 12.1 Å². The Kier molecular flexibility index (Phi) is 3.27. The second kappa shape index (κ2) is 4.90. The van der Waals surface area contributed by atoms with E-state index >= 15 is 0 Å². The molecule has 1 saturated heterocycles. The van der Waals surface area contributed by atoms with Crippen molar-refractivity contribution in [3.63, 3.8) is 0 Å². The van der Waals surface area contributed by atoms with E-state index in [-0.39, 0.29) is 0 Å². The lowest BCUT2D eigenvalue weighted by molar-refractivity contribution is 0.0142. The van der Waals surface area contributed by atoms with Gasteiger partial charge in [-0.3, -0.25) is 0 Å². The van der Waals surface area contributed by atoms with Crippen molar-refractivity contribution in [2.75, 3.05) is 13.2 Å². The van der Waals surface area contributed by atoms with Crippen LogP contribution in [-0.2, 0) is 10.3 Å². The number of hydrogen-bond donors (Lipinski definition) is 1. The van der Waals surface area contributed by atoms with Gasteiger partial charge in [-0.15, -0.1) is 0 Å². The minimum absolute atomic E-state index is 0.396. The maximum atomic E-state index is 10.8. The smallest absolute Gasteiger partial charge is 0.120 e. The maximum absolute atomic E-state index is 10.8. The highest BCUT2D eigenvalue weighted by Gasteiger charge is 2.31. The molecule has 3 rings (SSSR count). The summed E-state index contributed by atoms with van der Waals surface area (Å²) in [7, 11) is 0. The summed E-state index contributed by atoms with van der Waals surface area (Å²) in [5.74, 6) is 0.883. The first kappa shape index (κ1) is 12.0. The molecule has 0 aromatic heterocycles. The zero-order chi connectivity index (χ0) is 12.4. The third kappa shape index (κ3) is 2.68. The molecular weight excluding hydrogens is 228 g/mol. The Balaban J connectivity index is 1.80. The van der Waals surface area contributed by atoms with Crippen molar-refractivity contribution in [2.45, 2.75) is 43.8 Å². The predicted octanol–water partition coefficient (Wildman–Crippen LogP) is 2.62. The van der Waals surface area contributed by atoms with E-state index in [1.54, 1.807) is 0 Å². The Morgan fingerprint density at radius 2 is 2.11 bits per heavy atom. The van der Waals surface area contributed by atoms with Gasteiger partial charge in [-0.25, -0.2) is 0 Å². The molecule has 98 valence electrons. The minimum Gasteiger partial charge on any atom is -0.490 e. The molecule has 2 aliphatic rings. The average molecular weight is 248 g/mol. The summed E-state index contributed by atoms with van der Waals surface area (Å²) in [6.07, 6.45) is 5.04. The van der Waals surface area contributed by atoms with Gasteiger partial charge in [0.25, 0.3) is 0 Å². The van der Waals surface area contributed by atoms with E-state index in [1.807, 2.05) is 24.3 Å². The van der Waals surface area contributed by atoms with Gasteiger partial charge in [0.05, 0.1) is 11.7 Å². The molecule has 0 spiro atoms. The highest BCUT2D eigenvalue weighted by atomic mass is 16.5. The molecule has 1 aromatic carbocycles. The Bertz CT molecular complexity index is 404. The second-order valence-electron chi connectivity index (χ2n) is 5.34. The van der Waals surface area contributed by atoms with E-state index in [0.717, 1.165) is 43.6 Å². The number of hydrogen-bond acceptors (Lipinski definition) is 3. The fourth-order valence-corrected chi connectivity index (χ4v) is 2.46. The number of ether oxygens (including phenoxy) is 2. The third-order valence-electron chi connectivity index (χ3n) is 3.74. The van der Waals surface area contributed by atoms with E-state index in [9.17, 15) is 5.11 Å². The van der Waals surface area contributed by atoms with Crippen molar-refractivity contribution in [3.05, 3.63) is 29.8 Å². The van der Waals surface area contributed by atoms with Gasteiger partial charge in [0.15, 0.2) is 0 Å². The molecule has 1 aliphatic carbocycles. The van der Waals surface area contributed by atoms with Crippen LogP contribution in [0.25, 0.3) is 0 Å². The van der Waals surface area contributed by atoms with Crippen LogP contribution in [0.5, 0.6) is 5.75 Å². The van der Waals surface area contributed by atoms with Crippen molar-refractivity contribution < 1.29 is 14.6 Å². The van der Waals surface area contributed by atoms with Crippen molar-refractivity contribution >= 4 is 0 Å². The van der Waals surface area contributed by atoms with Gasteiger partial charge in [0, 0.05) is 19.6 Å². The zero-order valence-corrected chi connectivity index (χ0v) is 10.6. The van der Waals surface area contributed by atoms with E-state index in [4.69, 9.17) is 9.47 Å². The molecule has 2 fully saturated rings. The summed E-state index contributed by atoms with van der Waals surface area (Å²) in [5.41, 5.74) is 0.213. The molecule has 3 nitrogen and oxygen atoms in total. The lowest BCUT2D eigenvalue weighted by Gasteiger charge is -2.27. The highest BCUT2D eigenvalue weighted by molar-refractivity contribution is 5.33. The molecule has 1 aliphatic heterocycles. The van der Waals surface area contributed by atoms with Crippen LogP contribution in [0.4, 0.5) is 0 Å². The molecule has 1 aromatic rings. The minimum atomic E-state index is -0.751. The molecule has 0 amide bonds. The summed E-state index contributed by atoms with van der Waals surface area (Å²) < 4.78 is 11.2. The first-order valence-electron chi connectivity index (χ1n) is 6.84. The Hall–Kier alpha value is -1.06. The maximum Gasteiger partial charge on any atom is 0.120 e. The SMILES string of the molecule is OC1(c2cccc(OC3CC3)c2)CCCOCC1. The van der Waals surface area contributed by atoms with Crippen LogP contribution in [0.1, 0.15) is 37.7 Å². The van der Waals surface area contributed by atoms with Crippen LogP contribution in [0.15, 0.2) is 24.3 Å². The van der Waals surface area contributed by atoms with Crippen LogP contribution in [0, 0.1) is 0 Å². The predicted molar refractivity (Wildman–Crippen MR) is 68.7 cm³/mol. The lowest BCUT2D eigenvalue weighted by Crippen LogP contribution is -2.25. The van der Waals surface area contributed by atoms with Crippen LogP contribution in [0.2, 0.25) is 0 Å². The van der Waals surface area contributed by atoms with Gasteiger partial charge in [-0.05, 0) is 43.4 Å². The van der Waals surface area contributed by atoms with Crippen molar-refractivity contribution in [3.8, 4) is 5.75 Å². The number of rotatable bonds is 3. The first-order chi connectivity index (χ1) is 8.76. The fraction of sp³-hybridized carbons (Fsp3) is 0.600. The van der Waals surface area contributed by atoms with Crippen molar-refractivity contribution in [1.29, 1.82) is 0 Å². The van der Waals surface area contributed by atoms with Gasteiger partial charge < -0.3 is 14.6 Å². The summed E-state index contributed by atoms with van der Waals surface area (Å²) in [6, 6.07) is 7.92. The fourth-order valence-electron chi connectivity index (χ4n) is 2.46. The van der Waals surface area contributed by atoms with Crippen LogP contribution in [-0.4, -0.2) is 24.4 Å². The Morgan fingerprint density at radius 3 is 2.94 bits per heavy atom. The molecule has 1 heterocycles. The summed E-state index contributed by atoms with van der Waals surface area (Å²) in [6.45, 7) is 1.38. The zero-order valence-electron chi connectivity index (χ0n) is 10.6. The van der Waals surface area contributed by atoms with Gasteiger partial charge in [-0.2, -0.15) is 0 Å². The molecule has 3 heteroatoms. The van der Waals surface area contributed by atoms with Crippen LogP contribution >= 0.6 is 0 Å². The molecule has 18 heavy (non-hydrogen) atoms. The topological polar surface area (TPSA) is 38.7 Å². The van der Waals surface area contributed by atoms with Crippen molar-refractivity contribution in [2.24, 2.45) is 0 Å². The quantitative estimate of drug-likeness (QED) is 0.893. The monoisotopic (exact) mass is 248 g/mol. The average Bonchev–Trinajstić information content (AvgIpc) is 3.18. The Morgan fingerprint density at radius 1 is 1.22 bits per heavy atom. The summed E-state index contributed by atoms with van der Waals surface area (Å²) in [4.78, 5) is 0. The van der Waals surface area contributed by atoms with Gasteiger partial charge in [0.2, 0.25) is 0 Å². The second-order valence-corrected chi connectivity index (χ2v) is 5.34. The first-order valence-corrected chi connectivity index (χ1v) is 6.84. The third-order valence-corrected chi connectivity index (χ3v) is 3.74. The van der Waals surface area contributed by atoms with Crippen molar-refractivity contribution in [1.82, 2.24) is 0 Å². The van der Waals surface area contributed by atoms with E-state index in [0.29, 0.717) is 19.1 Å². The molecule has 1 atom stereocenters.